The van der Waals surface area contributed by atoms with E-state index in [0.717, 1.165) is 13.2 Å². The van der Waals surface area contributed by atoms with Gasteiger partial charge in [0.25, 0.3) is 0 Å². The number of hydrogen-bond donors (Lipinski definition) is 2. The summed E-state index contributed by atoms with van der Waals surface area (Å²) in [6, 6.07) is 0.578. The monoisotopic (exact) mass is 318 g/mol. The van der Waals surface area contributed by atoms with E-state index in [0.29, 0.717) is 18.2 Å². The first-order valence-corrected chi connectivity index (χ1v) is 7.42. The van der Waals surface area contributed by atoms with Crippen molar-refractivity contribution < 1.29 is 23.1 Å². The molecule has 0 aliphatic rings. The summed E-state index contributed by atoms with van der Waals surface area (Å²) in [5.74, 6) is -2.96. The lowest BCUT2D eigenvalue weighted by molar-refractivity contribution is -0.117. The molecule has 5 nitrogen and oxygen atoms in total. The number of methoxy groups -OCH3 is 1. The van der Waals surface area contributed by atoms with Crippen LogP contribution in [-0.4, -0.2) is 37.0 Å². The van der Waals surface area contributed by atoms with Crippen molar-refractivity contribution in [3.63, 3.8) is 0 Å². The van der Waals surface area contributed by atoms with E-state index < -0.39 is 35.1 Å². The molecular formula is C13H16F2N2O3S. The Morgan fingerprint density at radius 2 is 2.05 bits per heavy atom. The number of ether oxygens (including phenoxy) is 1. The summed E-state index contributed by atoms with van der Waals surface area (Å²) in [5.41, 5.74) is 4.86. The van der Waals surface area contributed by atoms with Gasteiger partial charge < -0.3 is 15.8 Å². The molecular weight excluding hydrogens is 302 g/mol. The number of amides is 1. The van der Waals surface area contributed by atoms with Crippen LogP contribution >= 0.6 is 11.8 Å². The molecule has 0 aromatic heterocycles. The summed E-state index contributed by atoms with van der Waals surface area (Å²) >= 11 is 1.52. The highest BCUT2D eigenvalue weighted by Crippen LogP contribution is 2.20. The number of halogens is 2. The molecule has 21 heavy (non-hydrogen) atoms. The van der Waals surface area contributed by atoms with E-state index in [2.05, 4.69) is 10.1 Å². The Balaban J connectivity index is 2.92. The Morgan fingerprint density at radius 3 is 2.62 bits per heavy atom. The minimum atomic E-state index is -1.07. The zero-order valence-corrected chi connectivity index (χ0v) is 12.4. The quantitative estimate of drug-likeness (QED) is 0.781. The molecule has 0 aliphatic carbocycles. The number of carbonyl (C=O) groups is 2. The SMILES string of the molecule is COC(=O)c1cc(NC(=O)[C@@H](N)CCSC)c(F)cc1F. The van der Waals surface area contributed by atoms with E-state index in [-0.39, 0.29) is 5.69 Å². The van der Waals surface area contributed by atoms with Crippen molar-refractivity contribution in [1.82, 2.24) is 0 Å². The van der Waals surface area contributed by atoms with E-state index in [1.807, 2.05) is 6.26 Å². The Morgan fingerprint density at radius 1 is 1.38 bits per heavy atom. The molecule has 1 aromatic carbocycles. The van der Waals surface area contributed by atoms with Crippen LogP contribution in [0.25, 0.3) is 0 Å². The fourth-order valence-corrected chi connectivity index (χ4v) is 2.00. The van der Waals surface area contributed by atoms with E-state index in [4.69, 9.17) is 5.73 Å². The van der Waals surface area contributed by atoms with Crippen LogP contribution < -0.4 is 11.1 Å². The second kappa shape index (κ2) is 7.94. The van der Waals surface area contributed by atoms with Gasteiger partial charge in [-0.2, -0.15) is 11.8 Å². The predicted octanol–water partition coefficient (Wildman–Crippen LogP) is 1.77. The lowest BCUT2D eigenvalue weighted by Gasteiger charge is -2.13. The first-order chi connectivity index (χ1) is 9.90. The van der Waals surface area contributed by atoms with Gasteiger partial charge in [-0.3, -0.25) is 4.79 Å². The largest absolute Gasteiger partial charge is 0.465 e. The number of benzene rings is 1. The Kier molecular flexibility index (Phi) is 6.57. The van der Waals surface area contributed by atoms with Crippen LogP contribution in [0.3, 0.4) is 0 Å². The van der Waals surface area contributed by atoms with Gasteiger partial charge in [0.2, 0.25) is 5.91 Å². The van der Waals surface area contributed by atoms with Crippen molar-refractivity contribution in [3.8, 4) is 0 Å². The summed E-state index contributed by atoms with van der Waals surface area (Å²) in [7, 11) is 1.07. The molecule has 1 aromatic rings. The zero-order chi connectivity index (χ0) is 16.0. The average molecular weight is 318 g/mol. The van der Waals surface area contributed by atoms with Gasteiger partial charge in [0, 0.05) is 6.07 Å². The second-order valence-electron chi connectivity index (χ2n) is 4.18. The Labute approximate surface area is 125 Å². The molecule has 0 aliphatic heterocycles. The smallest absolute Gasteiger partial charge is 0.340 e. The van der Waals surface area contributed by atoms with Crippen molar-refractivity contribution in [1.29, 1.82) is 0 Å². The number of nitrogens with two attached hydrogens (primary N) is 1. The Hall–Kier alpha value is -1.67. The van der Waals surface area contributed by atoms with Gasteiger partial charge in [0.1, 0.15) is 11.6 Å². The van der Waals surface area contributed by atoms with Crippen molar-refractivity contribution in [3.05, 3.63) is 29.3 Å². The van der Waals surface area contributed by atoms with Crippen molar-refractivity contribution >= 4 is 29.3 Å². The molecule has 1 rings (SSSR count). The maximum atomic E-state index is 13.6. The number of hydrogen-bond acceptors (Lipinski definition) is 5. The summed E-state index contributed by atoms with van der Waals surface area (Å²) < 4.78 is 31.4. The van der Waals surface area contributed by atoms with Crippen molar-refractivity contribution in [2.24, 2.45) is 5.73 Å². The van der Waals surface area contributed by atoms with E-state index in [9.17, 15) is 18.4 Å². The molecule has 0 heterocycles. The molecule has 116 valence electrons. The number of esters is 1. The Bertz CT molecular complexity index is 540. The molecule has 0 radical (unpaired) electrons. The van der Waals surface area contributed by atoms with Crippen molar-refractivity contribution in [2.75, 3.05) is 24.4 Å². The summed E-state index contributed by atoms with van der Waals surface area (Å²) in [6.45, 7) is 0. The molecule has 0 bridgehead atoms. The number of nitrogens with one attached hydrogen (secondary N) is 1. The van der Waals surface area contributed by atoms with Gasteiger partial charge in [-0.1, -0.05) is 0 Å². The van der Waals surface area contributed by atoms with E-state index in [1.165, 1.54) is 11.8 Å². The van der Waals surface area contributed by atoms with Gasteiger partial charge in [0.05, 0.1) is 24.4 Å². The van der Waals surface area contributed by atoms with Crippen LogP contribution in [0.4, 0.5) is 14.5 Å². The molecule has 0 saturated carbocycles. The van der Waals surface area contributed by atoms with Crippen LogP contribution in [0.15, 0.2) is 12.1 Å². The van der Waals surface area contributed by atoms with Gasteiger partial charge in [-0.05, 0) is 24.5 Å². The maximum absolute atomic E-state index is 13.6. The normalized spacial score (nSPS) is 11.9. The van der Waals surface area contributed by atoms with Crippen molar-refractivity contribution in [2.45, 2.75) is 12.5 Å². The molecule has 0 spiro atoms. The third kappa shape index (κ3) is 4.68. The zero-order valence-electron chi connectivity index (χ0n) is 11.6. The second-order valence-corrected chi connectivity index (χ2v) is 5.17. The molecule has 0 unspecified atom stereocenters. The summed E-state index contributed by atoms with van der Waals surface area (Å²) in [6.07, 6.45) is 2.28. The average Bonchev–Trinajstić information content (AvgIpc) is 2.46. The number of anilines is 1. The van der Waals surface area contributed by atoms with Crippen LogP contribution in [0, 0.1) is 11.6 Å². The number of thioether (sulfide) groups is 1. The molecule has 1 atom stereocenters. The van der Waals surface area contributed by atoms with E-state index >= 15 is 0 Å². The molecule has 0 saturated heterocycles. The third-order valence-electron chi connectivity index (χ3n) is 2.69. The van der Waals surface area contributed by atoms with Crippen LogP contribution in [-0.2, 0) is 9.53 Å². The fourth-order valence-electron chi connectivity index (χ4n) is 1.51. The predicted molar refractivity (Wildman–Crippen MR) is 77.3 cm³/mol. The summed E-state index contributed by atoms with van der Waals surface area (Å²) in [5, 5.41) is 2.24. The third-order valence-corrected chi connectivity index (χ3v) is 3.33. The van der Waals surface area contributed by atoms with Gasteiger partial charge in [-0.25, -0.2) is 13.6 Å². The van der Waals surface area contributed by atoms with Gasteiger partial charge in [-0.15, -0.1) is 0 Å². The van der Waals surface area contributed by atoms with E-state index in [1.54, 1.807) is 0 Å². The first kappa shape index (κ1) is 17.4. The van der Waals surface area contributed by atoms with Crippen LogP contribution in [0.2, 0.25) is 0 Å². The lowest BCUT2D eigenvalue weighted by Crippen LogP contribution is -2.36. The minimum absolute atomic E-state index is 0.318. The fraction of sp³-hybridized carbons (Fsp3) is 0.385. The number of rotatable bonds is 6. The molecule has 0 fully saturated rings. The highest BCUT2D eigenvalue weighted by atomic mass is 32.2. The molecule has 3 N–H and O–H groups in total. The van der Waals surface area contributed by atoms with Crippen LogP contribution in [0.5, 0.6) is 0 Å². The van der Waals surface area contributed by atoms with Crippen LogP contribution in [0.1, 0.15) is 16.8 Å². The number of carbonyl (C=O) groups excluding carboxylic acids is 2. The molecule has 1 amide bonds. The minimum Gasteiger partial charge on any atom is -0.465 e. The molecule has 8 heteroatoms. The topological polar surface area (TPSA) is 81.4 Å². The lowest BCUT2D eigenvalue weighted by atomic mass is 10.1. The summed E-state index contributed by atoms with van der Waals surface area (Å²) in [4.78, 5) is 23.1. The highest BCUT2D eigenvalue weighted by Gasteiger charge is 2.20. The van der Waals surface area contributed by atoms with Gasteiger partial charge >= 0.3 is 5.97 Å². The highest BCUT2D eigenvalue weighted by molar-refractivity contribution is 7.98. The first-order valence-electron chi connectivity index (χ1n) is 6.03. The van der Waals surface area contributed by atoms with Gasteiger partial charge in [0.15, 0.2) is 0 Å². The maximum Gasteiger partial charge on any atom is 0.340 e. The standard InChI is InChI=1S/C13H16F2N2O3S/c1-20-13(19)7-5-11(9(15)6-8(7)14)17-12(18)10(16)3-4-21-2/h5-6,10H,3-4,16H2,1-2H3,(H,17,18)/t10-/m0/s1.